The van der Waals surface area contributed by atoms with Crippen molar-refractivity contribution in [1.82, 2.24) is 4.90 Å². The quantitative estimate of drug-likeness (QED) is 0.719. The van der Waals surface area contributed by atoms with Crippen LogP contribution in [0.25, 0.3) is 0 Å². The van der Waals surface area contributed by atoms with Crippen LogP contribution in [0, 0.1) is 0 Å². The van der Waals surface area contributed by atoms with Gasteiger partial charge in [0.05, 0.1) is 11.4 Å². The van der Waals surface area contributed by atoms with Gasteiger partial charge in [-0.3, -0.25) is 9.59 Å². The molecule has 0 aliphatic carbocycles. The van der Waals surface area contributed by atoms with Gasteiger partial charge >= 0.3 is 0 Å². The summed E-state index contributed by atoms with van der Waals surface area (Å²) in [4.78, 5) is 28.0. The van der Waals surface area contributed by atoms with E-state index >= 15 is 0 Å². The molecule has 2 aromatic carbocycles. The van der Waals surface area contributed by atoms with Crippen LogP contribution in [0.15, 0.2) is 36.4 Å². The van der Waals surface area contributed by atoms with Crippen molar-refractivity contribution in [1.29, 1.82) is 0 Å². The third-order valence-electron chi connectivity index (χ3n) is 4.80. The summed E-state index contributed by atoms with van der Waals surface area (Å²) in [6, 6.07) is 11.3. The molecule has 7 heteroatoms. The van der Waals surface area contributed by atoms with Crippen LogP contribution >= 0.6 is 35.0 Å². The van der Waals surface area contributed by atoms with Crippen LogP contribution in [0.4, 0.5) is 10.5 Å². The summed E-state index contributed by atoms with van der Waals surface area (Å²) in [6.45, 7) is 1.49. The minimum absolute atomic E-state index is 0.0256. The highest BCUT2D eigenvalue weighted by Crippen LogP contribution is 2.42. The lowest BCUT2D eigenvalue weighted by molar-refractivity contribution is -0.115. The number of thioether (sulfide) groups is 1. The molecule has 4 rings (SSSR count). The maximum atomic E-state index is 12.3. The fraction of sp³-hybridized carbons (Fsp3) is 0.263. The molecule has 0 aromatic heterocycles. The second-order valence-corrected chi connectivity index (χ2v) is 8.32. The first kappa shape index (κ1) is 17.9. The molecule has 2 amide bonds. The molecule has 2 aromatic rings. The van der Waals surface area contributed by atoms with E-state index in [0.29, 0.717) is 15.7 Å². The van der Waals surface area contributed by atoms with Crippen LogP contribution in [0.2, 0.25) is 10.0 Å². The van der Waals surface area contributed by atoms with Gasteiger partial charge in [0.25, 0.3) is 5.24 Å². The van der Waals surface area contributed by atoms with Gasteiger partial charge in [0, 0.05) is 29.1 Å². The number of amides is 2. The highest BCUT2D eigenvalue weighted by Gasteiger charge is 2.35. The third kappa shape index (κ3) is 3.03. The molecule has 1 atom stereocenters. The maximum absolute atomic E-state index is 12.3. The van der Waals surface area contributed by atoms with Crippen molar-refractivity contribution in [3.05, 3.63) is 63.1 Å². The molecular weight excluding hydrogens is 391 g/mol. The van der Waals surface area contributed by atoms with Crippen molar-refractivity contribution in [2.45, 2.75) is 12.5 Å². The largest absolute Gasteiger partial charge is 0.301 e. The highest BCUT2D eigenvalue weighted by molar-refractivity contribution is 8.15. The number of imide groups is 1. The SMILES string of the molecule is CN1Cc2c(Cl)cc(Cl)cc2[C@H](c2ccccc2N2C(=O)CSC2=O)C1. The fourth-order valence-corrected chi connectivity index (χ4v) is 4.96. The Morgan fingerprint density at radius 1 is 1.12 bits per heavy atom. The van der Waals surface area contributed by atoms with E-state index in [9.17, 15) is 9.59 Å². The normalized spacial score (nSPS) is 20.6. The van der Waals surface area contributed by atoms with Crippen molar-refractivity contribution in [3.8, 4) is 0 Å². The predicted molar refractivity (Wildman–Crippen MR) is 106 cm³/mol. The second kappa shape index (κ2) is 6.89. The van der Waals surface area contributed by atoms with E-state index < -0.39 is 0 Å². The van der Waals surface area contributed by atoms with Gasteiger partial charge in [0.2, 0.25) is 5.91 Å². The zero-order chi connectivity index (χ0) is 18.4. The summed E-state index contributed by atoms with van der Waals surface area (Å²) in [5.74, 6) is -0.0188. The van der Waals surface area contributed by atoms with Crippen molar-refractivity contribution in [2.24, 2.45) is 0 Å². The first-order valence-electron chi connectivity index (χ1n) is 8.20. The number of fused-ring (bicyclic) bond motifs is 1. The Balaban J connectivity index is 1.88. The molecule has 0 bridgehead atoms. The van der Waals surface area contributed by atoms with Crippen molar-refractivity contribution >= 4 is 51.8 Å². The van der Waals surface area contributed by atoms with Gasteiger partial charge in [-0.25, -0.2) is 4.90 Å². The molecular formula is C19H16Cl2N2O2S. The van der Waals surface area contributed by atoms with Gasteiger partial charge < -0.3 is 4.90 Å². The molecule has 0 spiro atoms. The van der Waals surface area contributed by atoms with E-state index in [1.54, 1.807) is 6.07 Å². The van der Waals surface area contributed by atoms with E-state index in [0.717, 1.165) is 41.5 Å². The van der Waals surface area contributed by atoms with Gasteiger partial charge in [0.1, 0.15) is 0 Å². The number of carbonyl (C=O) groups is 2. The van der Waals surface area contributed by atoms with Crippen LogP contribution in [-0.2, 0) is 11.3 Å². The molecule has 0 unspecified atom stereocenters. The number of carbonyl (C=O) groups excluding carboxylic acids is 2. The molecule has 2 aliphatic heterocycles. The Morgan fingerprint density at radius 2 is 1.88 bits per heavy atom. The van der Waals surface area contributed by atoms with E-state index in [-0.39, 0.29) is 22.8 Å². The Hall–Kier alpha value is -1.53. The topological polar surface area (TPSA) is 40.6 Å². The standard InChI is InChI=1S/C19H16Cl2N2O2S/c1-22-8-14(13-6-11(20)7-16(21)15(13)9-22)12-4-2-3-5-17(12)23-18(24)10-26-19(23)25/h2-7,14H,8-10H2,1H3/t14-/m0/s1. The smallest absolute Gasteiger partial charge is 0.293 e. The molecule has 134 valence electrons. The lowest BCUT2D eigenvalue weighted by Crippen LogP contribution is -2.34. The zero-order valence-corrected chi connectivity index (χ0v) is 16.4. The molecule has 1 saturated heterocycles. The summed E-state index contributed by atoms with van der Waals surface area (Å²) in [5, 5.41) is 1.01. The summed E-state index contributed by atoms with van der Waals surface area (Å²) in [5.41, 5.74) is 3.68. The number of anilines is 1. The molecule has 26 heavy (non-hydrogen) atoms. The first-order valence-corrected chi connectivity index (χ1v) is 9.95. The fourth-order valence-electron chi connectivity index (χ4n) is 3.68. The minimum atomic E-state index is -0.226. The van der Waals surface area contributed by atoms with Gasteiger partial charge in [-0.05, 0) is 41.9 Å². The monoisotopic (exact) mass is 406 g/mol. The predicted octanol–water partition coefficient (Wildman–Crippen LogP) is 4.77. The van der Waals surface area contributed by atoms with E-state index in [4.69, 9.17) is 23.2 Å². The number of hydrogen-bond acceptors (Lipinski definition) is 4. The molecule has 0 N–H and O–H groups in total. The van der Waals surface area contributed by atoms with Crippen LogP contribution in [0.3, 0.4) is 0 Å². The first-order chi connectivity index (χ1) is 12.5. The molecule has 2 aliphatic rings. The lowest BCUT2D eigenvalue weighted by atomic mass is 9.83. The van der Waals surface area contributed by atoms with Gasteiger partial charge in [-0.1, -0.05) is 53.2 Å². The number of benzene rings is 2. The maximum Gasteiger partial charge on any atom is 0.293 e. The summed E-state index contributed by atoms with van der Waals surface area (Å²) in [7, 11) is 2.03. The summed E-state index contributed by atoms with van der Waals surface area (Å²) >= 11 is 13.7. The molecule has 1 fully saturated rings. The Labute approximate surface area is 166 Å². The number of hydrogen-bond donors (Lipinski definition) is 0. The van der Waals surface area contributed by atoms with E-state index in [1.165, 1.54) is 4.90 Å². The highest BCUT2D eigenvalue weighted by atomic mass is 35.5. The Bertz CT molecular complexity index is 902. The van der Waals surface area contributed by atoms with Crippen molar-refractivity contribution in [3.63, 3.8) is 0 Å². The number of likely N-dealkylation sites (N-methyl/N-ethyl adjacent to an activating group) is 1. The Kier molecular flexibility index (Phi) is 4.73. The zero-order valence-electron chi connectivity index (χ0n) is 14.0. The van der Waals surface area contributed by atoms with Crippen LogP contribution in [-0.4, -0.2) is 35.4 Å². The van der Waals surface area contributed by atoms with Crippen LogP contribution in [0.1, 0.15) is 22.6 Å². The lowest BCUT2D eigenvalue weighted by Gasteiger charge is -2.35. The second-order valence-electron chi connectivity index (χ2n) is 6.55. The van der Waals surface area contributed by atoms with Crippen LogP contribution in [0.5, 0.6) is 0 Å². The van der Waals surface area contributed by atoms with Gasteiger partial charge in [-0.15, -0.1) is 0 Å². The molecule has 4 nitrogen and oxygen atoms in total. The van der Waals surface area contributed by atoms with Gasteiger partial charge in [-0.2, -0.15) is 0 Å². The van der Waals surface area contributed by atoms with E-state index in [1.807, 2.05) is 37.4 Å². The number of para-hydroxylation sites is 1. The van der Waals surface area contributed by atoms with Crippen molar-refractivity contribution in [2.75, 3.05) is 24.2 Å². The molecule has 0 saturated carbocycles. The minimum Gasteiger partial charge on any atom is -0.301 e. The van der Waals surface area contributed by atoms with E-state index in [2.05, 4.69) is 4.90 Å². The number of rotatable bonds is 2. The van der Waals surface area contributed by atoms with Crippen molar-refractivity contribution < 1.29 is 9.59 Å². The average Bonchev–Trinajstić information content (AvgIpc) is 2.93. The van der Waals surface area contributed by atoms with Crippen LogP contribution < -0.4 is 4.90 Å². The third-order valence-corrected chi connectivity index (χ3v) is 6.17. The average molecular weight is 407 g/mol. The summed E-state index contributed by atoms with van der Waals surface area (Å²) in [6.07, 6.45) is 0. The number of halogens is 2. The van der Waals surface area contributed by atoms with Gasteiger partial charge in [0.15, 0.2) is 0 Å². The summed E-state index contributed by atoms with van der Waals surface area (Å²) < 4.78 is 0. The Morgan fingerprint density at radius 3 is 2.62 bits per heavy atom. The molecule has 0 radical (unpaired) electrons. The molecule has 2 heterocycles. The number of nitrogens with zero attached hydrogens (tertiary/aromatic N) is 2.